The molecule has 0 saturated carbocycles. The first-order chi connectivity index (χ1) is 11.4. The molecule has 2 N–H and O–H groups in total. The summed E-state index contributed by atoms with van der Waals surface area (Å²) in [7, 11) is 0. The Labute approximate surface area is 136 Å². The molecular formula is C17H14F2N2O3. The predicted octanol–water partition coefficient (Wildman–Crippen LogP) is 2.79. The molecule has 24 heavy (non-hydrogen) atoms. The third-order valence-electron chi connectivity index (χ3n) is 3.65. The van der Waals surface area contributed by atoms with Crippen LogP contribution in [0.5, 0.6) is 5.75 Å². The van der Waals surface area contributed by atoms with E-state index in [0.717, 1.165) is 12.1 Å². The molecule has 0 spiro atoms. The molecule has 2 aromatic rings. The van der Waals surface area contributed by atoms with Crippen molar-refractivity contribution >= 4 is 17.5 Å². The lowest BCUT2D eigenvalue weighted by atomic mass is 10.1. The predicted molar refractivity (Wildman–Crippen MR) is 82.8 cm³/mol. The number of amides is 2. The monoisotopic (exact) mass is 332 g/mol. The Kier molecular flexibility index (Phi) is 4.16. The summed E-state index contributed by atoms with van der Waals surface area (Å²) in [6, 6.07) is 7.14. The zero-order chi connectivity index (χ0) is 17.3. The number of anilines is 1. The van der Waals surface area contributed by atoms with Crippen molar-refractivity contribution in [2.24, 2.45) is 0 Å². The maximum absolute atomic E-state index is 13.8. The number of ether oxygens (including phenoxy) is 1. The van der Waals surface area contributed by atoms with Crippen LogP contribution in [0.15, 0.2) is 36.4 Å². The molecule has 0 aromatic heterocycles. The van der Waals surface area contributed by atoms with Crippen molar-refractivity contribution in [3.8, 4) is 5.75 Å². The van der Waals surface area contributed by atoms with Gasteiger partial charge >= 0.3 is 0 Å². The van der Waals surface area contributed by atoms with Crippen LogP contribution in [0.2, 0.25) is 0 Å². The van der Waals surface area contributed by atoms with Crippen LogP contribution < -0.4 is 15.4 Å². The highest BCUT2D eigenvalue weighted by atomic mass is 19.1. The molecule has 1 aliphatic rings. The number of carbonyl (C=O) groups is 2. The Balaban J connectivity index is 1.76. The summed E-state index contributed by atoms with van der Waals surface area (Å²) in [6.07, 6.45) is 0. The van der Waals surface area contributed by atoms with Crippen molar-refractivity contribution in [1.29, 1.82) is 0 Å². The molecule has 3 rings (SSSR count). The number of carbonyl (C=O) groups excluding carboxylic acids is 2. The zero-order valence-electron chi connectivity index (χ0n) is 12.7. The topological polar surface area (TPSA) is 67.4 Å². The fourth-order valence-electron chi connectivity index (χ4n) is 2.43. The van der Waals surface area contributed by atoms with E-state index in [1.165, 1.54) is 18.2 Å². The lowest BCUT2D eigenvalue weighted by Crippen LogP contribution is -2.28. The quantitative estimate of drug-likeness (QED) is 0.908. The maximum Gasteiger partial charge on any atom is 0.262 e. The number of halogens is 2. The summed E-state index contributed by atoms with van der Waals surface area (Å²) >= 11 is 0. The van der Waals surface area contributed by atoms with Crippen molar-refractivity contribution in [2.75, 3.05) is 11.9 Å². The second-order valence-corrected chi connectivity index (χ2v) is 5.41. The van der Waals surface area contributed by atoms with Gasteiger partial charge in [-0.05, 0) is 31.2 Å². The first-order valence-electron chi connectivity index (χ1n) is 7.26. The van der Waals surface area contributed by atoms with E-state index in [0.29, 0.717) is 17.0 Å². The summed E-state index contributed by atoms with van der Waals surface area (Å²) in [4.78, 5) is 23.5. The summed E-state index contributed by atoms with van der Waals surface area (Å²) < 4.78 is 32.0. The molecule has 1 atom stereocenters. The smallest absolute Gasteiger partial charge is 0.262 e. The number of hydrogen-bond donors (Lipinski definition) is 2. The van der Waals surface area contributed by atoms with Gasteiger partial charge in [0.2, 0.25) is 0 Å². The minimum Gasteiger partial charge on any atom is -0.482 e. The van der Waals surface area contributed by atoms with E-state index < -0.39 is 23.6 Å². The molecule has 2 amide bonds. The van der Waals surface area contributed by atoms with Gasteiger partial charge in [0.15, 0.2) is 6.61 Å². The van der Waals surface area contributed by atoms with E-state index in [-0.39, 0.29) is 18.1 Å². The minimum absolute atomic E-state index is 0.116. The van der Waals surface area contributed by atoms with Gasteiger partial charge in [-0.1, -0.05) is 6.07 Å². The van der Waals surface area contributed by atoms with Crippen LogP contribution in [-0.4, -0.2) is 18.4 Å². The van der Waals surface area contributed by atoms with Crippen molar-refractivity contribution in [3.63, 3.8) is 0 Å². The van der Waals surface area contributed by atoms with Crippen LogP contribution in [0.25, 0.3) is 0 Å². The second-order valence-electron chi connectivity index (χ2n) is 5.41. The number of nitrogens with one attached hydrogen (secondary N) is 2. The molecule has 0 bridgehead atoms. The van der Waals surface area contributed by atoms with Gasteiger partial charge in [-0.25, -0.2) is 8.78 Å². The molecule has 1 heterocycles. The molecule has 2 aromatic carbocycles. The highest BCUT2D eigenvalue weighted by Gasteiger charge is 2.19. The van der Waals surface area contributed by atoms with E-state index in [1.807, 2.05) is 0 Å². The highest BCUT2D eigenvalue weighted by molar-refractivity contribution is 5.99. The highest BCUT2D eigenvalue weighted by Crippen LogP contribution is 2.28. The van der Waals surface area contributed by atoms with Gasteiger partial charge in [0.25, 0.3) is 11.8 Å². The first kappa shape index (κ1) is 15.9. The van der Waals surface area contributed by atoms with Crippen molar-refractivity contribution in [3.05, 3.63) is 59.2 Å². The lowest BCUT2D eigenvalue weighted by molar-refractivity contribution is -0.118. The van der Waals surface area contributed by atoms with E-state index in [2.05, 4.69) is 10.6 Å². The van der Waals surface area contributed by atoms with Gasteiger partial charge in [-0.3, -0.25) is 9.59 Å². The zero-order valence-corrected chi connectivity index (χ0v) is 12.7. The standard InChI is InChI=1S/C17H14F2N2O3/c1-9(12-4-3-11(18)7-13(12)19)20-17(23)10-2-5-14-15(6-10)24-8-16(22)21-14/h2-7,9H,8H2,1H3,(H,20,23)(H,21,22)/t9-/m0/s1. The summed E-state index contributed by atoms with van der Waals surface area (Å²) in [5.41, 5.74) is 0.978. The van der Waals surface area contributed by atoms with Crippen LogP contribution in [0.4, 0.5) is 14.5 Å². The van der Waals surface area contributed by atoms with Gasteiger partial charge in [-0.2, -0.15) is 0 Å². The van der Waals surface area contributed by atoms with Crippen LogP contribution in [0, 0.1) is 11.6 Å². The molecule has 124 valence electrons. The molecule has 0 fully saturated rings. The third-order valence-corrected chi connectivity index (χ3v) is 3.65. The number of fused-ring (bicyclic) bond motifs is 1. The van der Waals surface area contributed by atoms with Gasteiger partial charge in [0.1, 0.15) is 17.4 Å². The van der Waals surface area contributed by atoms with Crippen molar-refractivity contribution < 1.29 is 23.1 Å². The maximum atomic E-state index is 13.8. The van der Waals surface area contributed by atoms with Crippen LogP contribution in [0.3, 0.4) is 0 Å². The number of hydrogen-bond acceptors (Lipinski definition) is 3. The third kappa shape index (κ3) is 3.19. The van der Waals surface area contributed by atoms with Gasteiger partial charge in [0.05, 0.1) is 11.7 Å². The fraction of sp³-hybridized carbons (Fsp3) is 0.176. The summed E-state index contributed by atoms with van der Waals surface area (Å²) in [5, 5.41) is 5.27. The molecule has 5 nitrogen and oxygen atoms in total. The van der Waals surface area contributed by atoms with Gasteiger partial charge in [-0.15, -0.1) is 0 Å². The van der Waals surface area contributed by atoms with E-state index >= 15 is 0 Å². The Bertz CT molecular complexity index is 823. The Morgan fingerprint density at radius 3 is 2.79 bits per heavy atom. The molecule has 0 saturated heterocycles. The Morgan fingerprint density at radius 1 is 1.25 bits per heavy atom. The summed E-state index contributed by atoms with van der Waals surface area (Å²) in [6.45, 7) is 1.48. The SMILES string of the molecule is C[C@H](NC(=O)c1ccc2c(c1)OCC(=O)N2)c1ccc(F)cc1F. The number of benzene rings is 2. The first-order valence-corrected chi connectivity index (χ1v) is 7.26. The van der Waals surface area contributed by atoms with Crippen molar-refractivity contribution in [2.45, 2.75) is 13.0 Å². The van der Waals surface area contributed by atoms with E-state index in [1.54, 1.807) is 13.0 Å². The second kappa shape index (κ2) is 6.27. The minimum atomic E-state index is -0.723. The average Bonchev–Trinajstić information content (AvgIpc) is 2.54. The Morgan fingerprint density at radius 2 is 2.04 bits per heavy atom. The molecule has 0 unspecified atom stereocenters. The number of rotatable bonds is 3. The van der Waals surface area contributed by atoms with E-state index in [4.69, 9.17) is 4.74 Å². The summed E-state index contributed by atoms with van der Waals surface area (Å²) in [5.74, 6) is -1.71. The largest absolute Gasteiger partial charge is 0.482 e. The van der Waals surface area contributed by atoms with Gasteiger partial charge in [0, 0.05) is 17.2 Å². The lowest BCUT2D eigenvalue weighted by Gasteiger charge is -2.19. The van der Waals surface area contributed by atoms with Crippen LogP contribution in [-0.2, 0) is 4.79 Å². The van der Waals surface area contributed by atoms with Gasteiger partial charge < -0.3 is 15.4 Å². The van der Waals surface area contributed by atoms with Crippen LogP contribution in [0.1, 0.15) is 28.9 Å². The normalized spacial score (nSPS) is 14.2. The average molecular weight is 332 g/mol. The van der Waals surface area contributed by atoms with Crippen LogP contribution >= 0.6 is 0 Å². The molecule has 7 heteroatoms. The Hall–Kier alpha value is -2.96. The fourth-order valence-corrected chi connectivity index (χ4v) is 2.43. The molecule has 1 aliphatic heterocycles. The molecular weight excluding hydrogens is 318 g/mol. The molecule has 0 aliphatic carbocycles. The van der Waals surface area contributed by atoms with E-state index in [9.17, 15) is 18.4 Å². The molecule has 0 radical (unpaired) electrons. The van der Waals surface area contributed by atoms with Crippen molar-refractivity contribution in [1.82, 2.24) is 5.32 Å².